The number of rotatable bonds is 7. The minimum absolute atomic E-state index is 0.668. The summed E-state index contributed by atoms with van der Waals surface area (Å²) in [5, 5.41) is 3.15. The predicted octanol–water partition coefficient (Wildman–Crippen LogP) is 13.2. The van der Waals surface area contributed by atoms with E-state index in [-0.39, 0.29) is 0 Å². The third-order valence-corrected chi connectivity index (χ3v) is 10.3. The van der Waals surface area contributed by atoms with Crippen LogP contribution in [0.15, 0.2) is 206 Å². The van der Waals surface area contributed by atoms with Gasteiger partial charge < -0.3 is 0 Å². The molecule has 4 heteroatoms. The summed E-state index contributed by atoms with van der Waals surface area (Å²) < 4.78 is 0. The molecule has 0 bridgehead atoms. The molecular formula is C52H34N4. The first-order chi connectivity index (χ1) is 27.7. The Labute approximate surface area is 325 Å². The summed E-state index contributed by atoms with van der Waals surface area (Å²) in [6.45, 7) is 0. The average molecular weight is 715 g/mol. The fraction of sp³-hybridized carbons (Fsp3) is 0. The number of para-hydroxylation sites is 1. The molecule has 0 aliphatic carbocycles. The largest absolute Gasteiger partial charge is 0.228 e. The Hall–Kier alpha value is -7.56. The van der Waals surface area contributed by atoms with Crippen LogP contribution in [0.2, 0.25) is 0 Å². The number of fused-ring (bicyclic) bond motifs is 2. The number of aromatic nitrogens is 4. The van der Waals surface area contributed by atoms with Gasteiger partial charge in [0.2, 0.25) is 0 Å². The Kier molecular flexibility index (Phi) is 8.47. The van der Waals surface area contributed by atoms with Gasteiger partial charge in [-0.25, -0.2) is 19.9 Å². The molecule has 262 valence electrons. The fourth-order valence-corrected chi connectivity index (χ4v) is 7.53. The van der Waals surface area contributed by atoms with E-state index >= 15 is 0 Å². The number of hydrogen-bond donors (Lipinski definition) is 0. The molecule has 10 aromatic rings. The van der Waals surface area contributed by atoms with E-state index in [1.165, 1.54) is 5.56 Å². The summed E-state index contributed by atoms with van der Waals surface area (Å²) in [6.07, 6.45) is 0. The topological polar surface area (TPSA) is 51.6 Å². The van der Waals surface area contributed by atoms with Gasteiger partial charge in [-0.1, -0.05) is 182 Å². The van der Waals surface area contributed by atoms with Gasteiger partial charge in [-0.2, -0.15) is 0 Å². The quantitative estimate of drug-likeness (QED) is 0.165. The average Bonchev–Trinajstić information content (AvgIpc) is 3.29. The van der Waals surface area contributed by atoms with E-state index in [4.69, 9.17) is 19.9 Å². The van der Waals surface area contributed by atoms with Crippen molar-refractivity contribution in [2.75, 3.05) is 0 Å². The molecule has 0 amide bonds. The zero-order valence-corrected chi connectivity index (χ0v) is 30.4. The molecule has 8 aromatic carbocycles. The summed E-state index contributed by atoms with van der Waals surface area (Å²) in [5.41, 5.74) is 13.1. The van der Waals surface area contributed by atoms with Crippen LogP contribution in [-0.2, 0) is 0 Å². The van der Waals surface area contributed by atoms with E-state index in [0.717, 1.165) is 83.3 Å². The van der Waals surface area contributed by atoms with Crippen LogP contribution in [0.4, 0.5) is 0 Å². The third kappa shape index (κ3) is 6.29. The third-order valence-electron chi connectivity index (χ3n) is 10.3. The van der Waals surface area contributed by atoms with Crippen LogP contribution in [0.1, 0.15) is 0 Å². The summed E-state index contributed by atoms with van der Waals surface area (Å²) in [7, 11) is 0. The molecule has 0 aliphatic heterocycles. The molecule has 0 saturated heterocycles. The summed E-state index contributed by atoms with van der Waals surface area (Å²) in [5.74, 6) is 1.35. The first kappa shape index (κ1) is 33.0. The van der Waals surface area contributed by atoms with Crippen LogP contribution >= 0.6 is 0 Å². The van der Waals surface area contributed by atoms with Crippen molar-refractivity contribution in [1.82, 2.24) is 19.9 Å². The maximum Gasteiger partial charge on any atom is 0.161 e. The van der Waals surface area contributed by atoms with Crippen molar-refractivity contribution < 1.29 is 0 Å². The van der Waals surface area contributed by atoms with Crippen LogP contribution in [0.3, 0.4) is 0 Å². The van der Waals surface area contributed by atoms with E-state index < -0.39 is 0 Å². The Morgan fingerprint density at radius 3 is 1.46 bits per heavy atom. The van der Waals surface area contributed by atoms with Gasteiger partial charge in [-0.3, -0.25) is 0 Å². The maximum atomic E-state index is 5.30. The summed E-state index contributed by atoms with van der Waals surface area (Å²) >= 11 is 0. The molecule has 10 rings (SSSR count). The Balaban J connectivity index is 1.14. The second kappa shape index (κ2) is 14.3. The molecule has 4 nitrogen and oxygen atoms in total. The Morgan fingerprint density at radius 1 is 0.250 bits per heavy atom. The van der Waals surface area contributed by atoms with Crippen molar-refractivity contribution in [3.05, 3.63) is 206 Å². The molecule has 0 aliphatic rings. The number of hydrogen-bond acceptors (Lipinski definition) is 4. The Bertz CT molecular complexity index is 3000. The SMILES string of the molecule is c1ccc(-c2ccc(-c3cc(-c4ccc(-c5nc(-c6ccccc6)c6ccccc6n5)c5ccccc45)nc(-c4cccc(-c5ccccc5)c4)n3)cc2)cc1. The molecule has 56 heavy (non-hydrogen) atoms. The predicted molar refractivity (Wildman–Crippen MR) is 231 cm³/mol. The zero-order valence-electron chi connectivity index (χ0n) is 30.4. The lowest BCUT2D eigenvalue weighted by Crippen LogP contribution is -1.98. The van der Waals surface area contributed by atoms with Gasteiger partial charge in [0.15, 0.2) is 11.6 Å². The highest BCUT2D eigenvalue weighted by Crippen LogP contribution is 2.38. The second-order valence-electron chi connectivity index (χ2n) is 13.8. The van der Waals surface area contributed by atoms with Gasteiger partial charge in [-0.15, -0.1) is 0 Å². The highest BCUT2D eigenvalue weighted by molar-refractivity contribution is 6.05. The highest BCUT2D eigenvalue weighted by Gasteiger charge is 2.18. The van der Waals surface area contributed by atoms with E-state index in [0.29, 0.717) is 11.6 Å². The smallest absolute Gasteiger partial charge is 0.161 e. The standard InChI is InChI=1S/C52H34N4/c1-4-15-35(16-5-1)37-27-29-38(30-28-37)48-34-49(55-51(54-48)41-22-14-21-40(33-41)36-17-6-2-7-18-36)44-31-32-45(43-24-11-10-23-42(43)44)52-53-47-26-13-12-25-46(47)50(56-52)39-19-8-3-9-20-39/h1-34H. The minimum atomic E-state index is 0.668. The zero-order chi connectivity index (χ0) is 37.3. The lowest BCUT2D eigenvalue weighted by molar-refractivity contribution is 1.18. The van der Waals surface area contributed by atoms with E-state index in [1.807, 2.05) is 30.3 Å². The van der Waals surface area contributed by atoms with Crippen molar-refractivity contribution >= 4 is 21.7 Å². The molecule has 0 atom stereocenters. The van der Waals surface area contributed by atoms with Gasteiger partial charge in [0.1, 0.15) is 0 Å². The van der Waals surface area contributed by atoms with Crippen LogP contribution in [0.25, 0.3) is 100 Å². The van der Waals surface area contributed by atoms with Crippen molar-refractivity contribution in [3.8, 4) is 78.8 Å². The van der Waals surface area contributed by atoms with E-state index in [9.17, 15) is 0 Å². The summed E-state index contributed by atoms with van der Waals surface area (Å²) in [6, 6.07) is 71.5. The van der Waals surface area contributed by atoms with Crippen molar-refractivity contribution in [3.63, 3.8) is 0 Å². The second-order valence-corrected chi connectivity index (χ2v) is 13.8. The van der Waals surface area contributed by atoms with Crippen molar-refractivity contribution in [2.24, 2.45) is 0 Å². The normalized spacial score (nSPS) is 11.2. The molecule has 0 saturated carbocycles. The van der Waals surface area contributed by atoms with Gasteiger partial charge in [-0.05, 0) is 57.3 Å². The van der Waals surface area contributed by atoms with Crippen LogP contribution < -0.4 is 0 Å². The molecule has 2 heterocycles. The van der Waals surface area contributed by atoms with E-state index in [2.05, 4.69) is 176 Å². The van der Waals surface area contributed by atoms with Crippen LogP contribution in [-0.4, -0.2) is 19.9 Å². The van der Waals surface area contributed by atoms with Gasteiger partial charge in [0, 0.05) is 33.2 Å². The molecule has 0 spiro atoms. The minimum Gasteiger partial charge on any atom is -0.228 e. The molecule has 0 unspecified atom stereocenters. The number of nitrogens with zero attached hydrogens (tertiary/aromatic N) is 4. The fourth-order valence-electron chi connectivity index (χ4n) is 7.53. The van der Waals surface area contributed by atoms with Gasteiger partial charge in [0.25, 0.3) is 0 Å². The first-order valence-corrected chi connectivity index (χ1v) is 18.8. The number of benzene rings is 8. The highest BCUT2D eigenvalue weighted by atomic mass is 14.9. The van der Waals surface area contributed by atoms with Crippen LogP contribution in [0, 0.1) is 0 Å². The lowest BCUT2D eigenvalue weighted by atomic mass is 9.95. The van der Waals surface area contributed by atoms with Gasteiger partial charge in [0.05, 0.1) is 22.6 Å². The van der Waals surface area contributed by atoms with Crippen molar-refractivity contribution in [2.45, 2.75) is 0 Å². The Morgan fingerprint density at radius 2 is 0.750 bits per heavy atom. The molecule has 0 fully saturated rings. The molecule has 2 aromatic heterocycles. The van der Waals surface area contributed by atoms with Crippen molar-refractivity contribution in [1.29, 1.82) is 0 Å². The lowest BCUT2D eigenvalue weighted by Gasteiger charge is -2.15. The monoisotopic (exact) mass is 714 g/mol. The van der Waals surface area contributed by atoms with Crippen LogP contribution in [0.5, 0.6) is 0 Å². The molecular weight excluding hydrogens is 681 g/mol. The molecule has 0 N–H and O–H groups in total. The van der Waals surface area contributed by atoms with E-state index in [1.54, 1.807) is 0 Å². The maximum absolute atomic E-state index is 5.30. The summed E-state index contributed by atoms with van der Waals surface area (Å²) in [4.78, 5) is 20.9. The molecule has 0 radical (unpaired) electrons. The first-order valence-electron chi connectivity index (χ1n) is 18.8. The van der Waals surface area contributed by atoms with Gasteiger partial charge >= 0.3 is 0 Å².